The predicted molar refractivity (Wildman–Crippen MR) is 97.6 cm³/mol. The first-order chi connectivity index (χ1) is 12.1. The number of carbonyl (C=O) groups excluding carboxylic acids is 1. The van der Waals surface area contributed by atoms with E-state index >= 15 is 0 Å². The van der Waals surface area contributed by atoms with Gasteiger partial charge in [-0.3, -0.25) is 4.79 Å². The van der Waals surface area contributed by atoms with Crippen LogP contribution in [0.5, 0.6) is 11.5 Å². The topological polar surface area (TPSA) is 79.9 Å². The minimum atomic E-state index is -0.604. The Morgan fingerprint density at radius 3 is 2.50 bits per heavy atom. The SMILES string of the molecule is COC1=C2C(C)(C)CCC[C@]2(C)c2c(c(O)c3c(C)coc3c2O)C1=O. The number of ether oxygens (including phenoxy) is 1. The van der Waals surface area contributed by atoms with Crippen molar-refractivity contribution in [3.63, 3.8) is 0 Å². The molecular formula is C21H24O5. The van der Waals surface area contributed by atoms with Crippen molar-refractivity contribution in [2.75, 3.05) is 7.11 Å². The molecule has 0 unspecified atom stereocenters. The summed E-state index contributed by atoms with van der Waals surface area (Å²) in [6, 6.07) is 0. The Balaban J connectivity index is 2.19. The maximum atomic E-state index is 13.3. The minimum Gasteiger partial charge on any atom is -0.506 e. The summed E-state index contributed by atoms with van der Waals surface area (Å²) in [6.07, 6.45) is 4.13. The number of aromatic hydroxyl groups is 2. The number of hydrogen-bond donors (Lipinski definition) is 2. The standard InChI is InChI=1S/C21H24O5/c1-10-9-26-17-11(10)14(22)12-13(16(17)24)21(4)8-6-7-20(2,3)19(21)18(25-5)15(12)23/h9,22,24H,6-8H2,1-5H3/t21-/m1/s1. The van der Waals surface area contributed by atoms with Crippen LogP contribution in [0.2, 0.25) is 0 Å². The smallest absolute Gasteiger partial charge is 0.231 e. The van der Waals surface area contributed by atoms with Crippen molar-refractivity contribution in [3.05, 3.63) is 34.3 Å². The fraction of sp³-hybridized carbons (Fsp3) is 0.476. The molecule has 2 aliphatic carbocycles. The average molecular weight is 356 g/mol. The van der Waals surface area contributed by atoms with Gasteiger partial charge in [0.2, 0.25) is 5.78 Å². The molecular weight excluding hydrogens is 332 g/mol. The molecule has 1 atom stereocenters. The highest BCUT2D eigenvalue weighted by atomic mass is 16.5. The van der Waals surface area contributed by atoms with Gasteiger partial charge in [0, 0.05) is 11.0 Å². The maximum Gasteiger partial charge on any atom is 0.231 e. The van der Waals surface area contributed by atoms with E-state index in [0.717, 1.165) is 24.8 Å². The van der Waals surface area contributed by atoms with Crippen LogP contribution in [0, 0.1) is 12.3 Å². The first-order valence-corrected chi connectivity index (χ1v) is 8.95. The van der Waals surface area contributed by atoms with E-state index in [4.69, 9.17) is 9.15 Å². The van der Waals surface area contributed by atoms with Crippen LogP contribution in [0.1, 0.15) is 61.5 Å². The molecule has 0 spiro atoms. The minimum absolute atomic E-state index is 0.0536. The zero-order valence-electron chi connectivity index (χ0n) is 15.8. The molecule has 1 aromatic carbocycles. The first kappa shape index (κ1) is 17.0. The van der Waals surface area contributed by atoms with Gasteiger partial charge in [0.15, 0.2) is 17.1 Å². The quantitative estimate of drug-likeness (QED) is 0.723. The highest BCUT2D eigenvalue weighted by Gasteiger charge is 2.53. The van der Waals surface area contributed by atoms with Crippen LogP contribution < -0.4 is 0 Å². The number of methoxy groups -OCH3 is 1. The molecule has 2 aliphatic rings. The molecule has 2 aromatic rings. The number of Topliss-reactive ketones (excluding diaryl/α,β-unsaturated/α-hetero) is 1. The summed E-state index contributed by atoms with van der Waals surface area (Å²) >= 11 is 0. The molecule has 5 heteroatoms. The molecule has 0 aliphatic heterocycles. The Kier molecular flexibility index (Phi) is 3.31. The second-order valence-electron chi connectivity index (χ2n) is 8.38. The molecule has 2 N–H and O–H groups in total. The summed E-state index contributed by atoms with van der Waals surface area (Å²) in [4.78, 5) is 13.3. The van der Waals surface area contributed by atoms with Crippen LogP contribution in [0.15, 0.2) is 22.0 Å². The van der Waals surface area contributed by atoms with Crippen LogP contribution in [-0.2, 0) is 10.2 Å². The lowest BCUT2D eigenvalue weighted by molar-refractivity contribution is 0.0903. The summed E-state index contributed by atoms with van der Waals surface area (Å²) in [5.41, 5.74) is 1.55. The number of furan rings is 1. The van der Waals surface area contributed by atoms with Crippen LogP contribution in [-0.4, -0.2) is 23.1 Å². The van der Waals surface area contributed by atoms with Gasteiger partial charge in [0.1, 0.15) is 5.75 Å². The number of benzene rings is 1. The Morgan fingerprint density at radius 2 is 1.85 bits per heavy atom. The fourth-order valence-corrected chi connectivity index (χ4v) is 5.26. The van der Waals surface area contributed by atoms with E-state index in [9.17, 15) is 15.0 Å². The molecule has 1 aromatic heterocycles. The number of ketones is 1. The van der Waals surface area contributed by atoms with Crippen molar-refractivity contribution in [1.82, 2.24) is 0 Å². The summed E-state index contributed by atoms with van der Waals surface area (Å²) in [7, 11) is 1.49. The van der Waals surface area contributed by atoms with E-state index in [1.165, 1.54) is 13.4 Å². The van der Waals surface area contributed by atoms with Crippen LogP contribution >= 0.6 is 0 Å². The van der Waals surface area contributed by atoms with E-state index in [1.54, 1.807) is 6.92 Å². The van der Waals surface area contributed by atoms with Crippen molar-refractivity contribution in [2.45, 2.75) is 52.4 Å². The lowest BCUT2D eigenvalue weighted by Crippen LogP contribution is -2.43. The van der Waals surface area contributed by atoms with Gasteiger partial charge in [-0.15, -0.1) is 0 Å². The summed E-state index contributed by atoms with van der Waals surface area (Å²) in [6.45, 7) is 8.00. The lowest BCUT2D eigenvalue weighted by Gasteiger charge is -2.49. The molecule has 26 heavy (non-hydrogen) atoms. The van der Waals surface area contributed by atoms with Crippen molar-refractivity contribution in [3.8, 4) is 11.5 Å². The van der Waals surface area contributed by atoms with Crippen molar-refractivity contribution < 1.29 is 24.2 Å². The summed E-state index contributed by atoms with van der Waals surface area (Å²) < 4.78 is 11.1. The highest BCUT2D eigenvalue weighted by molar-refractivity contribution is 6.17. The number of phenolic OH excluding ortho intramolecular Hbond substituents is 2. The van der Waals surface area contributed by atoms with Gasteiger partial charge in [-0.2, -0.15) is 0 Å². The van der Waals surface area contributed by atoms with Gasteiger partial charge < -0.3 is 19.4 Å². The molecule has 0 bridgehead atoms. The maximum absolute atomic E-state index is 13.3. The van der Waals surface area contributed by atoms with Gasteiger partial charge in [-0.25, -0.2) is 0 Å². The van der Waals surface area contributed by atoms with Crippen molar-refractivity contribution >= 4 is 16.8 Å². The molecule has 1 heterocycles. The first-order valence-electron chi connectivity index (χ1n) is 8.95. The zero-order valence-corrected chi connectivity index (χ0v) is 15.8. The molecule has 0 amide bonds. The van der Waals surface area contributed by atoms with Gasteiger partial charge >= 0.3 is 0 Å². The molecule has 0 radical (unpaired) electrons. The fourth-order valence-electron chi connectivity index (χ4n) is 5.26. The second-order valence-corrected chi connectivity index (χ2v) is 8.38. The van der Waals surface area contributed by atoms with E-state index in [2.05, 4.69) is 13.8 Å². The lowest BCUT2D eigenvalue weighted by atomic mass is 9.54. The number of carbonyl (C=O) groups is 1. The third-order valence-electron chi connectivity index (χ3n) is 6.27. The normalized spacial score (nSPS) is 24.6. The van der Waals surface area contributed by atoms with Crippen LogP contribution in [0.4, 0.5) is 0 Å². The number of rotatable bonds is 1. The predicted octanol–water partition coefficient (Wildman–Crippen LogP) is 4.72. The summed E-state index contributed by atoms with van der Waals surface area (Å²) in [5, 5.41) is 22.4. The van der Waals surface area contributed by atoms with Gasteiger partial charge in [-0.05, 0) is 36.3 Å². The van der Waals surface area contributed by atoms with E-state index < -0.39 is 5.41 Å². The van der Waals surface area contributed by atoms with E-state index in [0.29, 0.717) is 22.3 Å². The number of allylic oxidation sites excluding steroid dienone is 2. The summed E-state index contributed by atoms with van der Waals surface area (Å²) in [5.74, 6) is -0.274. The van der Waals surface area contributed by atoms with Gasteiger partial charge in [0.05, 0.1) is 24.3 Å². The monoisotopic (exact) mass is 356 g/mol. The zero-order chi connectivity index (χ0) is 19.0. The molecule has 0 saturated heterocycles. The number of fused-ring (bicyclic) bond motifs is 4. The number of hydrogen-bond acceptors (Lipinski definition) is 5. The Labute approximate surface area is 152 Å². The molecule has 4 rings (SSSR count). The number of aryl methyl sites for hydroxylation is 1. The van der Waals surface area contributed by atoms with Gasteiger partial charge in [-0.1, -0.05) is 27.2 Å². The molecule has 1 saturated carbocycles. The van der Waals surface area contributed by atoms with Crippen LogP contribution in [0.25, 0.3) is 11.0 Å². The van der Waals surface area contributed by atoms with Gasteiger partial charge in [0.25, 0.3) is 0 Å². The van der Waals surface area contributed by atoms with Crippen molar-refractivity contribution in [1.29, 1.82) is 0 Å². The Morgan fingerprint density at radius 1 is 1.15 bits per heavy atom. The van der Waals surface area contributed by atoms with Crippen molar-refractivity contribution in [2.24, 2.45) is 5.41 Å². The van der Waals surface area contributed by atoms with E-state index in [-0.39, 0.29) is 33.8 Å². The largest absolute Gasteiger partial charge is 0.506 e. The highest BCUT2D eigenvalue weighted by Crippen LogP contribution is 2.60. The third-order valence-corrected chi connectivity index (χ3v) is 6.27. The molecule has 1 fully saturated rings. The Hall–Kier alpha value is -2.43. The van der Waals surface area contributed by atoms with Crippen LogP contribution in [0.3, 0.4) is 0 Å². The molecule has 138 valence electrons. The Bertz CT molecular complexity index is 992. The second kappa shape index (κ2) is 5.06. The molecule has 5 nitrogen and oxygen atoms in total. The van der Waals surface area contributed by atoms with E-state index in [1.807, 2.05) is 6.92 Å². The number of phenols is 2. The average Bonchev–Trinajstić information content (AvgIpc) is 2.95. The third kappa shape index (κ3) is 1.83.